The fraction of sp³-hybridized carbons (Fsp3) is 0.353. The molecule has 2 rings (SSSR count). The van der Waals surface area contributed by atoms with Crippen molar-refractivity contribution >= 4 is 5.82 Å². The summed E-state index contributed by atoms with van der Waals surface area (Å²) < 4.78 is 0. The summed E-state index contributed by atoms with van der Waals surface area (Å²) in [5.74, 6) is 1.05. The summed E-state index contributed by atoms with van der Waals surface area (Å²) in [6.45, 7) is 5.91. The highest BCUT2D eigenvalue weighted by Crippen LogP contribution is 2.22. The van der Waals surface area contributed by atoms with E-state index in [4.69, 9.17) is 5.73 Å². The van der Waals surface area contributed by atoms with E-state index in [2.05, 4.69) is 54.1 Å². The number of nitrogens with zero attached hydrogens (tertiary/aromatic N) is 2. The van der Waals surface area contributed by atoms with E-state index in [1.165, 1.54) is 11.1 Å². The molecule has 0 saturated heterocycles. The molecule has 3 heteroatoms. The second-order valence-electron chi connectivity index (χ2n) is 5.23. The number of hydrogen-bond acceptors (Lipinski definition) is 3. The Morgan fingerprint density at radius 3 is 2.50 bits per heavy atom. The van der Waals surface area contributed by atoms with Crippen LogP contribution in [0.15, 0.2) is 48.7 Å². The predicted octanol–water partition coefficient (Wildman–Crippen LogP) is 3.00. The van der Waals surface area contributed by atoms with Gasteiger partial charge >= 0.3 is 0 Å². The van der Waals surface area contributed by atoms with Crippen LogP contribution in [0.1, 0.15) is 25.0 Å². The molecule has 0 spiro atoms. The number of pyridine rings is 1. The van der Waals surface area contributed by atoms with Crippen LogP contribution in [0.3, 0.4) is 0 Å². The number of aromatic nitrogens is 1. The van der Waals surface area contributed by atoms with Crippen LogP contribution in [0.25, 0.3) is 0 Å². The van der Waals surface area contributed by atoms with E-state index >= 15 is 0 Å². The van der Waals surface area contributed by atoms with Crippen LogP contribution in [0.2, 0.25) is 0 Å². The lowest BCUT2D eigenvalue weighted by atomic mass is 10.1. The first-order chi connectivity index (χ1) is 9.72. The van der Waals surface area contributed by atoms with Crippen molar-refractivity contribution in [3.8, 4) is 0 Å². The molecule has 1 aromatic heterocycles. The first kappa shape index (κ1) is 14.5. The Morgan fingerprint density at radius 1 is 1.10 bits per heavy atom. The van der Waals surface area contributed by atoms with Crippen LogP contribution in [-0.2, 0) is 13.0 Å². The molecular formula is C17H23N3. The lowest BCUT2D eigenvalue weighted by Crippen LogP contribution is -2.32. The smallest absolute Gasteiger partial charge is 0.132 e. The van der Waals surface area contributed by atoms with E-state index in [0.29, 0.717) is 12.6 Å². The predicted molar refractivity (Wildman–Crippen MR) is 84.8 cm³/mol. The fourth-order valence-corrected chi connectivity index (χ4v) is 2.32. The topological polar surface area (TPSA) is 42.2 Å². The maximum Gasteiger partial charge on any atom is 0.132 e. The van der Waals surface area contributed by atoms with Crippen LogP contribution in [0, 0.1) is 0 Å². The van der Waals surface area contributed by atoms with E-state index in [9.17, 15) is 0 Å². The Hall–Kier alpha value is -1.87. The Labute approximate surface area is 121 Å². The van der Waals surface area contributed by atoms with Crippen molar-refractivity contribution in [3.63, 3.8) is 0 Å². The van der Waals surface area contributed by atoms with Crippen LogP contribution in [0.5, 0.6) is 0 Å². The molecule has 0 atom stereocenters. The summed E-state index contributed by atoms with van der Waals surface area (Å²) in [6.07, 6.45) is 2.72. The van der Waals surface area contributed by atoms with Crippen LogP contribution in [0.4, 0.5) is 5.82 Å². The summed E-state index contributed by atoms with van der Waals surface area (Å²) in [7, 11) is 0. The van der Waals surface area contributed by atoms with Gasteiger partial charge in [-0.3, -0.25) is 0 Å². The third-order valence-corrected chi connectivity index (χ3v) is 3.37. The van der Waals surface area contributed by atoms with Gasteiger partial charge in [0.05, 0.1) is 0 Å². The van der Waals surface area contributed by atoms with E-state index in [0.717, 1.165) is 18.8 Å². The highest BCUT2D eigenvalue weighted by molar-refractivity contribution is 5.48. The van der Waals surface area contributed by atoms with Crippen molar-refractivity contribution < 1.29 is 0 Å². The molecular weight excluding hydrogens is 246 g/mol. The van der Waals surface area contributed by atoms with E-state index in [1.807, 2.05) is 18.3 Å². The minimum atomic E-state index is 0.390. The zero-order chi connectivity index (χ0) is 14.4. The van der Waals surface area contributed by atoms with Gasteiger partial charge in [0.15, 0.2) is 0 Å². The monoisotopic (exact) mass is 269 g/mol. The average Bonchev–Trinajstić information content (AvgIpc) is 2.47. The normalized spacial score (nSPS) is 10.8. The molecule has 0 radical (unpaired) electrons. The summed E-state index contributed by atoms with van der Waals surface area (Å²) >= 11 is 0. The Kier molecular flexibility index (Phi) is 5.13. The maximum absolute atomic E-state index is 5.71. The second kappa shape index (κ2) is 7.06. The van der Waals surface area contributed by atoms with Crippen molar-refractivity contribution in [2.45, 2.75) is 32.9 Å². The van der Waals surface area contributed by atoms with Crippen molar-refractivity contribution in [3.05, 3.63) is 59.8 Å². The molecule has 0 saturated carbocycles. The standard InChI is InChI=1S/C17H23N3/c1-14(2)20(13-15-7-4-3-5-8-15)17-16(10-11-18)9-6-12-19-17/h3-9,12,14H,10-11,13,18H2,1-2H3. The Balaban J connectivity index is 2.29. The molecule has 1 aromatic carbocycles. The zero-order valence-corrected chi connectivity index (χ0v) is 12.3. The average molecular weight is 269 g/mol. The summed E-state index contributed by atoms with van der Waals surface area (Å²) in [5, 5.41) is 0. The summed E-state index contributed by atoms with van der Waals surface area (Å²) in [4.78, 5) is 6.92. The first-order valence-electron chi connectivity index (χ1n) is 7.17. The second-order valence-corrected chi connectivity index (χ2v) is 5.23. The molecule has 106 valence electrons. The van der Waals surface area contributed by atoms with Gasteiger partial charge in [0.1, 0.15) is 5.82 Å². The van der Waals surface area contributed by atoms with Crippen molar-refractivity contribution in [1.82, 2.24) is 4.98 Å². The van der Waals surface area contributed by atoms with Crippen LogP contribution < -0.4 is 10.6 Å². The van der Waals surface area contributed by atoms with E-state index < -0.39 is 0 Å². The molecule has 0 amide bonds. The first-order valence-corrected chi connectivity index (χ1v) is 7.17. The summed E-state index contributed by atoms with van der Waals surface area (Å²) in [6, 6.07) is 15.0. The van der Waals surface area contributed by atoms with Gasteiger partial charge in [0.25, 0.3) is 0 Å². The minimum Gasteiger partial charge on any atom is -0.350 e. The van der Waals surface area contributed by atoms with Gasteiger partial charge in [-0.15, -0.1) is 0 Å². The van der Waals surface area contributed by atoms with Crippen LogP contribution in [-0.4, -0.2) is 17.6 Å². The quantitative estimate of drug-likeness (QED) is 0.876. The number of benzene rings is 1. The van der Waals surface area contributed by atoms with Gasteiger partial charge in [0, 0.05) is 18.8 Å². The van der Waals surface area contributed by atoms with Gasteiger partial charge in [-0.05, 0) is 44.0 Å². The molecule has 2 N–H and O–H groups in total. The van der Waals surface area contributed by atoms with Gasteiger partial charge < -0.3 is 10.6 Å². The lowest BCUT2D eigenvalue weighted by Gasteiger charge is -2.29. The maximum atomic E-state index is 5.71. The van der Waals surface area contributed by atoms with Gasteiger partial charge in [0.2, 0.25) is 0 Å². The molecule has 20 heavy (non-hydrogen) atoms. The lowest BCUT2D eigenvalue weighted by molar-refractivity contribution is 0.667. The highest BCUT2D eigenvalue weighted by atomic mass is 15.2. The largest absolute Gasteiger partial charge is 0.350 e. The molecule has 0 unspecified atom stereocenters. The summed E-state index contributed by atoms with van der Waals surface area (Å²) in [5.41, 5.74) is 8.23. The molecule has 3 nitrogen and oxygen atoms in total. The molecule has 0 aliphatic heterocycles. The van der Waals surface area contributed by atoms with Crippen molar-refractivity contribution in [1.29, 1.82) is 0 Å². The number of hydrogen-bond donors (Lipinski definition) is 1. The third kappa shape index (κ3) is 3.58. The highest BCUT2D eigenvalue weighted by Gasteiger charge is 2.15. The van der Waals surface area contributed by atoms with Crippen molar-refractivity contribution in [2.24, 2.45) is 5.73 Å². The van der Waals surface area contributed by atoms with Gasteiger partial charge in [-0.1, -0.05) is 36.4 Å². The SMILES string of the molecule is CC(C)N(Cc1ccccc1)c1ncccc1CCN. The molecule has 0 aliphatic carbocycles. The Morgan fingerprint density at radius 2 is 1.85 bits per heavy atom. The van der Waals surface area contributed by atoms with Crippen molar-refractivity contribution in [2.75, 3.05) is 11.4 Å². The Bertz CT molecular complexity index is 523. The van der Waals surface area contributed by atoms with E-state index in [-0.39, 0.29) is 0 Å². The zero-order valence-electron chi connectivity index (χ0n) is 12.3. The number of rotatable bonds is 6. The van der Waals surface area contributed by atoms with Crippen LogP contribution >= 0.6 is 0 Å². The third-order valence-electron chi connectivity index (χ3n) is 3.37. The van der Waals surface area contributed by atoms with E-state index in [1.54, 1.807) is 0 Å². The number of anilines is 1. The molecule has 0 bridgehead atoms. The minimum absolute atomic E-state index is 0.390. The fourth-order valence-electron chi connectivity index (χ4n) is 2.32. The molecule has 0 fully saturated rings. The number of nitrogens with two attached hydrogens (primary N) is 1. The molecule has 0 aliphatic rings. The molecule has 1 heterocycles. The van der Waals surface area contributed by atoms with Gasteiger partial charge in [-0.2, -0.15) is 0 Å². The molecule has 2 aromatic rings. The van der Waals surface area contributed by atoms with Gasteiger partial charge in [-0.25, -0.2) is 4.98 Å².